The molecule has 0 fully saturated rings. The number of hydrogen-bond donors (Lipinski definition) is 2. The topological polar surface area (TPSA) is 75.3 Å². The van der Waals surface area contributed by atoms with Gasteiger partial charge in [0.1, 0.15) is 4.90 Å². The van der Waals surface area contributed by atoms with E-state index in [4.69, 9.17) is 11.6 Å². The van der Waals surface area contributed by atoms with E-state index in [0.717, 1.165) is 18.2 Å². The fraction of sp³-hybridized carbons (Fsp3) is 0.0500. The van der Waals surface area contributed by atoms with E-state index in [9.17, 15) is 26.4 Å². The Morgan fingerprint density at radius 1 is 0.900 bits per heavy atom. The second-order valence-electron chi connectivity index (χ2n) is 6.11. The highest BCUT2D eigenvalue weighted by atomic mass is 35.5. The van der Waals surface area contributed by atoms with E-state index in [1.807, 2.05) is 0 Å². The number of benzene rings is 3. The zero-order valence-corrected chi connectivity index (χ0v) is 16.6. The van der Waals surface area contributed by atoms with Gasteiger partial charge in [0, 0.05) is 11.3 Å². The molecule has 2 N–H and O–H groups in total. The molecule has 10 heteroatoms. The summed E-state index contributed by atoms with van der Waals surface area (Å²) in [7, 11) is -4.15. The first-order chi connectivity index (χ1) is 14.1. The molecule has 0 saturated carbocycles. The Balaban J connectivity index is 1.91. The Kier molecular flexibility index (Phi) is 6.04. The minimum atomic E-state index is -4.67. The van der Waals surface area contributed by atoms with E-state index < -0.39 is 33.4 Å². The Morgan fingerprint density at radius 3 is 2.20 bits per heavy atom. The van der Waals surface area contributed by atoms with Crippen molar-refractivity contribution in [3.05, 3.63) is 88.9 Å². The van der Waals surface area contributed by atoms with Gasteiger partial charge in [-0.15, -0.1) is 0 Å². The standard InChI is InChI=1S/C20H14ClF3N2O3S/c21-16-11-10-13(12-18(16)30(28,29)26-14-6-2-1-3-7-14)19(27)25-17-9-5-4-8-15(17)20(22,23)24/h1-12,26H,(H,25,27). The smallest absolute Gasteiger partial charge is 0.321 e. The lowest BCUT2D eigenvalue weighted by molar-refractivity contribution is -0.136. The van der Waals surface area contributed by atoms with Crippen LogP contribution < -0.4 is 10.0 Å². The number of anilines is 2. The summed E-state index contributed by atoms with van der Waals surface area (Å²) < 4.78 is 67.0. The molecule has 0 saturated heterocycles. The lowest BCUT2D eigenvalue weighted by Gasteiger charge is -2.14. The molecule has 1 amide bonds. The maximum absolute atomic E-state index is 13.1. The van der Waals surface area contributed by atoms with E-state index in [1.54, 1.807) is 18.2 Å². The number of amides is 1. The molecule has 0 radical (unpaired) electrons. The maximum atomic E-state index is 13.1. The molecule has 0 spiro atoms. The van der Waals surface area contributed by atoms with E-state index in [1.165, 1.54) is 36.4 Å². The van der Waals surface area contributed by atoms with Gasteiger partial charge in [0.2, 0.25) is 0 Å². The average molecular weight is 455 g/mol. The van der Waals surface area contributed by atoms with Crippen LogP contribution in [-0.2, 0) is 16.2 Å². The Bertz CT molecular complexity index is 1180. The number of carbonyl (C=O) groups is 1. The van der Waals surface area contributed by atoms with E-state index >= 15 is 0 Å². The molecule has 0 heterocycles. The van der Waals surface area contributed by atoms with Crippen LogP contribution >= 0.6 is 11.6 Å². The Morgan fingerprint density at radius 2 is 1.53 bits per heavy atom. The van der Waals surface area contributed by atoms with E-state index in [-0.39, 0.29) is 21.2 Å². The van der Waals surface area contributed by atoms with Crippen molar-refractivity contribution in [3.63, 3.8) is 0 Å². The molecule has 156 valence electrons. The molecule has 0 aliphatic carbocycles. The first kappa shape index (κ1) is 21.7. The zero-order valence-electron chi connectivity index (χ0n) is 15.1. The van der Waals surface area contributed by atoms with E-state index in [2.05, 4.69) is 10.0 Å². The zero-order chi connectivity index (χ0) is 21.9. The normalized spacial score (nSPS) is 11.7. The number of rotatable bonds is 5. The van der Waals surface area contributed by atoms with Crippen LogP contribution in [-0.4, -0.2) is 14.3 Å². The number of carbonyl (C=O) groups excluding carboxylic acids is 1. The van der Waals surface area contributed by atoms with Crippen LogP contribution in [0.4, 0.5) is 24.5 Å². The van der Waals surface area contributed by atoms with Crippen molar-refractivity contribution in [2.24, 2.45) is 0 Å². The monoisotopic (exact) mass is 454 g/mol. The summed E-state index contributed by atoms with van der Waals surface area (Å²) in [6.45, 7) is 0. The lowest BCUT2D eigenvalue weighted by Crippen LogP contribution is -2.18. The molecule has 3 rings (SSSR count). The summed E-state index contributed by atoms with van der Waals surface area (Å²) in [6.07, 6.45) is -4.67. The van der Waals surface area contributed by atoms with Crippen LogP contribution in [0.15, 0.2) is 77.7 Å². The van der Waals surface area contributed by atoms with Crippen molar-refractivity contribution in [1.82, 2.24) is 0 Å². The van der Waals surface area contributed by atoms with Crippen molar-refractivity contribution in [1.29, 1.82) is 0 Å². The third-order valence-corrected chi connectivity index (χ3v) is 5.85. The van der Waals surface area contributed by atoms with Gasteiger partial charge in [0.05, 0.1) is 16.3 Å². The first-order valence-electron chi connectivity index (χ1n) is 8.43. The van der Waals surface area contributed by atoms with Gasteiger partial charge in [-0.3, -0.25) is 9.52 Å². The molecule has 0 atom stereocenters. The second-order valence-corrected chi connectivity index (χ2v) is 8.17. The number of halogens is 4. The Hall–Kier alpha value is -3.04. The van der Waals surface area contributed by atoms with Crippen molar-refractivity contribution in [2.75, 3.05) is 10.0 Å². The first-order valence-corrected chi connectivity index (χ1v) is 10.3. The number of nitrogens with one attached hydrogen (secondary N) is 2. The fourth-order valence-electron chi connectivity index (χ4n) is 2.60. The molecule has 5 nitrogen and oxygen atoms in total. The second kappa shape index (κ2) is 8.37. The van der Waals surface area contributed by atoms with Crippen LogP contribution in [0.2, 0.25) is 5.02 Å². The average Bonchev–Trinajstić information content (AvgIpc) is 2.68. The summed E-state index contributed by atoms with van der Waals surface area (Å²) in [5, 5.41) is 2.02. The van der Waals surface area contributed by atoms with Crippen LogP contribution in [0, 0.1) is 0 Å². The van der Waals surface area contributed by atoms with Gasteiger partial charge in [-0.25, -0.2) is 8.42 Å². The SMILES string of the molecule is O=C(Nc1ccccc1C(F)(F)F)c1ccc(Cl)c(S(=O)(=O)Nc2ccccc2)c1. The third kappa shape index (κ3) is 4.92. The minimum absolute atomic E-state index is 0.148. The molecule has 0 aliphatic rings. The minimum Gasteiger partial charge on any atom is -0.321 e. The van der Waals surface area contributed by atoms with Gasteiger partial charge >= 0.3 is 6.18 Å². The fourth-order valence-corrected chi connectivity index (χ4v) is 4.19. The molecule has 30 heavy (non-hydrogen) atoms. The molecule has 0 unspecified atom stereocenters. The van der Waals surface area contributed by atoms with Gasteiger partial charge < -0.3 is 5.32 Å². The summed E-state index contributed by atoms with van der Waals surface area (Å²) in [5.74, 6) is -0.917. The van der Waals surface area contributed by atoms with Crippen molar-refractivity contribution in [3.8, 4) is 0 Å². The molecule has 0 aromatic heterocycles. The van der Waals surface area contributed by atoms with Crippen LogP contribution in [0.25, 0.3) is 0 Å². The molecule has 0 bridgehead atoms. The predicted octanol–water partition coefficient (Wildman–Crippen LogP) is 5.41. The van der Waals surface area contributed by atoms with E-state index in [0.29, 0.717) is 0 Å². The van der Waals surface area contributed by atoms with Crippen LogP contribution in [0.1, 0.15) is 15.9 Å². The van der Waals surface area contributed by atoms with Gasteiger partial charge in [-0.2, -0.15) is 13.2 Å². The predicted molar refractivity (Wildman–Crippen MR) is 108 cm³/mol. The highest BCUT2D eigenvalue weighted by molar-refractivity contribution is 7.92. The quantitative estimate of drug-likeness (QED) is 0.541. The summed E-state index contributed by atoms with van der Waals surface area (Å²) in [4.78, 5) is 12.1. The van der Waals surface area contributed by atoms with Crippen LogP contribution in [0.3, 0.4) is 0 Å². The number of para-hydroxylation sites is 2. The third-order valence-electron chi connectivity index (χ3n) is 3.99. The highest BCUT2D eigenvalue weighted by Crippen LogP contribution is 2.35. The molecule has 0 aliphatic heterocycles. The molecular formula is C20H14ClF3N2O3S. The number of sulfonamides is 1. The van der Waals surface area contributed by atoms with Gasteiger partial charge in [0.15, 0.2) is 0 Å². The van der Waals surface area contributed by atoms with Crippen LogP contribution in [0.5, 0.6) is 0 Å². The molecule has 3 aromatic rings. The number of alkyl halides is 3. The number of hydrogen-bond acceptors (Lipinski definition) is 3. The summed E-state index contributed by atoms with van der Waals surface area (Å²) in [5.41, 5.74) is -1.37. The largest absolute Gasteiger partial charge is 0.418 e. The maximum Gasteiger partial charge on any atom is 0.418 e. The highest BCUT2D eigenvalue weighted by Gasteiger charge is 2.33. The van der Waals surface area contributed by atoms with Gasteiger partial charge in [-0.1, -0.05) is 41.9 Å². The van der Waals surface area contributed by atoms with Crippen molar-refractivity contribution < 1.29 is 26.4 Å². The van der Waals surface area contributed by atoms with Crippen molar-refractivity contribution >= 4 is 38.9 Å². The van der Waals surface area contributed by atoms with Gasteiger partial charge in [-0.05, 0) is 42.5 Å². The molecule has 3 aromatic carbocycles. The summed E-state index contributed by atoms with van der Waals surface area (Å²) in [6, 6.07) is 15.9. The Labute approximate surface area is 175 Å². The molecular weight excluding hydrogens is 441 g/mol. The summed E-state index contributed by atoms with van der Waals surface area (Å²) >= 11 is 6.00. The lowest BCUT2D eigenvalue weighted by atomic mass is 10.1. The van der Waals surface area contributed by atoms with Crippen molar-refractivity contribution in [2.45, 2.75) is 11.1 Å². The van der Waals surface area contributed by atoms with Gasteiger partial charge in [0.25, 0.3) is 15.9 Å².